The molecule has 7 nitrogen and oxygen atoms in total. The molecule has 5 aromatic rings. The van der Waals surface area contributed by atoms with Gasteiger partial charge in [-0.05, 0) is 30.7 Å². The summed E-state index contributed by atoms with van der Waals surface area (Å²) < 4.78 is 22.6. The van der Waals surface area contributed by atoms with E-state index in [2.05, 4.69) is 15.0 Å². The van der Waals surface area contributed by atoms with Crippen LogP contribution < -0.4 is 4.74 Å². The molecule has 172 valence electrons. The molecule has 0 unspecified atom stereocenters. The van der Waals surface area contributed by atoms with Gasteiger partial charge in [-0.1, -0.05) is 24.3 Å². The summed E-state index contributed by atoms with van der Waals surface area (Å²) in [6, 6.07) is 12.3. The van der Waals surface area contributed by atoms with Crippen molar-refractivity contribution in [3.8, 4) is 22.6 Å². The highest BCUT2D eigenvalue weighted by Crippen LogP contribution is 2.33. The molecule has 0 aliphatic heterocycles. The predicted octanol–water partition coefficient (Wildman–Crippen LogP) is 5.10. The first-order chi connectivity index (χ1) is 16.5. The molecule has 9 heteroatoms. The van der Waals surface area contributed by atoms with E-state index in [1.54, 1.807) is 64.6 Å². The quantitative estimate of drug-likeness (QED) is 0.331. The fourth-order valence-corrected chi connectivity index (χ4v) is 3.75. The third-order valence-corrected chi connectivity index (χ3v) is 5.73. The summed E-state index contributed by atoms with van der Waals surface area (Å²) in [5.41, 5.74) is 4.35. The molecule has 0 aliphatic carbocycles. The van der Waals surface area contributed by atoms with E-state index in [0.29, 0.717) is 17.1 Å². The number of imidazole rings is 2. The third kappa shape index (κ3) is 4.94. The van der Waals surface area contributed by atoms with Gasteiger partial charge in [0.25, 0.3) is 0 Å². The van der Waals surface area contributed by atoms with Gasteiger partial charge in [-0.2, -0.15) is 0 Å². The zero-order chi connectivity index (χ0) is 24.1. The van der Waals surface area contributed by atoms with Gasteiger partial charge in [0.15, 0.2) is 17.4 Å². The van der Waals surface area contributed by atoms with E-state index < -0.39 is 5.82 Å². The Morgan fingerprint density at radius 2 is 1.97 bits per heavy atom. The first-order valence-electron chi connectivity index (χ1n) is 10.3. The highest BCUT2D eigenvalue weighted by atomic mass is 32.1. The van der Waals surface area contributed by atoms with Crippen molar-refractivity contribution in [2.24, 2.45) is 7.05 Å². The maximum atomic E-state index is 14.0. The Labute approximate surface area is 200 Å². The zero-order valence-corrected chi connectivity index (χ0v) is 19.7. The van der Waals surface area contributed by atoms with E-state index in [4.69, 9.17) is 4.74 Å². The van der Waals surface area contributed by atoms with Crippen LogP contribution in [0.25, 0.3) is 16.8 Å². The number of ether oxygens (including phenoxy) is 1. The second-order valence-corrected chi connectivity index (χ2v) is 8.43. The van der Waals surface area contributed by atoms with Crippen molar-refractivity contribution in [3.63, 3.8) is 0 Å². The minimum atomic E-state index is -0.420. The van der Waals surface area contributed by atoms with Crippen LogP contribution in [0.1, 0.15) is 21.2 Å². The molecule has 0 atom stereocenters. The highest BCUT2D eigenvalue weighted by Gasteiger charge is 2.17. The van der Waals surface area contributed by atoms with Crippen molar-refractivity contribution in [2.45, 2.75) is 6.92 Å². The number of methoxy groups -OCH3 is 1. The number of ketones is 1. The van der Waals surface area contributed by atoms with Crippen molar-refractivity contribution in [1.82, 2.24) is 24.1 Å². The molecule has 0 spiro atoms. The van der Waals surface area contributed by atoms with E-state index in [1.165, 1.54) is 18.1 Å². The highest BCUT2D eigenvalue weighted by molar-refractivity contribution is 7.09. The lowest BCUT2D eigenvalue weighted by Gasteiger charge is -2.11. The SMILES string of the molecule is COc1c(F)cccc1-c1cccc(-n2cnc(C(=O)c3nccn3C)c2)c1.Cc1cncs1. The van der Waals surface area contributed by atoms with Crippen LogP contribution in [0.3, 0.4) is 0 Å². The normalized spacial score (nSPS) is 10.5. The lowest BCUT2D eigenvalue weighted by Crippen LogP contribution is -2.09. The van der Waals surface area contributed by atoms with Gasteiger partial charge in [0.2, 0.25) is 5.78 Å². The van der Waals surface area contributed by atoms with E-state index in [0.717, 1.165) is 11.3 Å². The summed E-state index contributed by atoms with van der Waals surface area (Å²) in [6.45, 7) is 2.04. The number of carbonyl (C=O) groups excluding carboxylic acids is 1. The summed E-state index contributed by atoms with van der Waals surface area (Å²) >= 11 is 1.67. The van der Waals surface area contributed by atoms with Gasteiger partial charge >= 0.3 is 0 Å². The van der Waals surface area contributed by atoms with Crippen LogP contribution in [0.2, 0.25) is 0 Å². The molecule has 0 aliphatic rings. The van der Waals surface area contributed by atoms with E-state index >= 15 is 0 Å². The first-order valence-corrected chi connectivity index (χ1v) is 11.2. The number of aryl methyl sites for hydroxylation is 2. The van der Waals surface area contributed by atoms with Crippen LogP contribution in [-0.4, -0.2) is 37.0 Å². The van der Waals surface area contributed by atoms with Crippen LogP contribution in [0.15, 0.2) is 79.1 Å². The Morgan fingerprint density at radius 1 is 1.15 bits per heavy atom. The second kappa shape index (κ2) is 10.2. The van der Waals surface area contributed by atoms with Gasteiger partial charge in [0.1, 0.15) is 12.0 Å². The fraction of sp³-hybridized carbons (Fsp3) is 0.120. The topological polar surface area (TPSA) is 74.8 Å². The molecule has 0 bridgehead atoms. The van der Waals surface area contributed by atoms with Gasteiger partial charge in [-0.15, -0.1) is 11.3 Å². The number of benzene rings is 2. The predicted molar refractivity (Wildman–Crippen MR) is 129 cm³/mol. The van der Waals surface area contributed by atoms with Crippen LogP contribution in [0, 0.1) is 12.7 Å². The van der Waals surface area contributed by atoms with Crippen molar-refractivity contribution < 1.29 is 13.9 Å². The van der Waals surface area contributed by atoms with Crippen molar-refractivity contribution >= 4 is 17.1 Å². The number of hydrogen-bond acceptors (Lipinski definition) is 6. The van der Waals surface area contributed by atoms with E-state index in [9.17, 15) is 9.18 Å². The van der Waals surface area contributed by atoms with Crippen LogP contribution in [0.5, 0.6) is 5.75 Å². The van der Waals surface area contributed by atoms with Gasteiger partial charge < -0.3 is 13.9 Å². The number of rotatable bonds is 5. The van der Waals surface area contributed by atoms with Crippen LogP contribution in [0.4, 0.5) is 4.39 Å². The van der Waals surface area contributed by atoms with Crippen molar-refractivity contribution in [1.29, 1.82) is 0 Å². The maximum absolute atomic E-state index is 14.0. The van der Waals surface area contributed by atoms with Gasteiger partial charge in [0.05, 0.1) is 12.6 Å². The molecule has 0 saturated carbocycles. The number of nitrogens with zero attached hydrogens (tertiary/aromatic N) is 5. The Morgan fingerprint density at radius 3 is 2.62 bits per heavy atom. The van der Waals surface area contributed by atoms with Gasteiger partial charge in [-0.3, -0.25) is 9.78 Å². The lowest BCUT2D eigenvalue weighted by atomic mass is 10.0. The number of aromatic nitrogens is 5. The standard InChI is InChI=1S/C21H17FN4O2.C4H5NS/c1-25-10-9-23-21(25)19(27)18-12-26(13-24-18)15-6-3-5-14(11-15)16-7-4-8-17(22)20(16)28-2;1-4-2-5-3-6-4/h3-13H,1-2H3;2-3H,1H3. The Balaban J connectivity index is 0.000000398. The monoisotopic (exact) mass is 475 g/mol. The van der Waals surface area contributed by atoms with Crippen molar-refractivity contribution in [3.05, 3.63) is 101 Å². The van der Waals surface area contributed by atoms with Crippen LogP contribution >= 0.6 is 11.3 Å². The second-order valence-electron chi connectivity index (χ2n) is 7.34. The summed E-state index contributed by atoms with van der Waals surface area (Å²) in [4.78, 5) is 26.0. The largest absolute Gasteiger partial charge is 0.493 e. The zero-order valence-electron chi connectivity index (χ0n) is 18.8. The Kier molecular flexibility index (Phi) is 6.93. The molecular formula is C25H22FN5O2S. The summed E-state index contributed by atoms with van der Waals surface area (Å²) in [7, 11) is 3.20. The Hall–Kier alpha value is -4.11. The minimum absolute atomic E-state index is 0.191. The molecule has 3 aromatic heterocycles. The lowest BCUT2D eigenvalue weighted by molar-refractivity contribution is 0.102. The summed E-state index contributed by atoms with van der Waals surface area (Å²) in [5.74, 6) is -0.162. The number of para-hydroxylation sites is 1. The van der Waals surface area contributed by atoms with Gasteiger partial charge in [0, 0.05) is 48.0 Å². The Bertz CT molecular complexity index is 1410. The average molecular weight is 476 g/mol. The number of thiazole rings is 1. The molecular weight excluding hydrogens is 453 g/mol. The minimum Gasteiger partial charge on any atom is -0.493 e. The van der Waals surface area contributed by atoms with E-state index in [-0.39, 0.29) is 11.5 Å². The molecule has 0 radical (unpaired) electrons. The molecule has 5 rings (SSSR count). The number of halogens is 1. The number of hydrogen-bond donors (Lipinski definition) is 0. The molecule has 0 saturated heterocycles. The maximum Gasteiger partial charge on any atom is 0.248 e. The molecule has 34 heavy (non-hydrogen) atoms. The van der Waals surface area contributed by atoms with E-state index in [1.807, 2.05) is 42.9 Å². The molecule has 0 fully saturated rings. The smallest absolute Gasteiger partial charge is 0.248 e. The van der Waals surface area contributed by atoms with Crippen LogP contribution in [-0.2, 0) is 7.05 Å². The fourth-order valence-electron chi connectivity index (χ4n) is 3.34. The van der Waals surface area contributed by atoms with Crippen molar-refractivity contribution in [2.75, 3.05) is 7.11 Å². The van der Waals surface area contributed by atoms with Gasteiger partial charge in [-0.25, -0.2) is 14.4 Å². The molecule has 0 N–H and O–H groups in total. The third-order valence-electron chi connectivity index (χ3n) is 5.02. The number of carbonyl (C=O) groups is 1. The summed E-state index contributed by atoms with van der Waals surface area (Å²) in [6.07, 6.45) is 8.35. The first kappa shape index (κ1) is 23.1. The molecule has 2 aromatic carbocycles. The summed E-state index contributed by atoms with van der Waals surface area (Å²) in [5, 5.41) is 0. The average Bonchev–Trinajstić information content (AvgIpc) is 3.61. The molecule has 0 amide bonds. The molecule has 3 heterocycles.